The van der Waals surface area contributed by atoms with Gasteiger partial charge in [0.1, 0.15) is 18.8 Å². The molecule has 5 heteroatoms. The van der Waals surface area contributed by atoms with E-state index >= 15 is 0 Å². The van der Waals surface area contributed by atoms with Crippen molar-refractivity contribution in [3.63, 3.8) is 0 Å². The standard InChI is InChI=1S/C15H18ClN3O/c1-3-8-17-14-11(2)15(19-10-18-14)20-9-12-6-4-5-7-13(12)16/h4-7,10H,3,8-9H2,1-2H3,(H,17,18,19). The second-order valence-corrected chi connectivity index (χ2v) is 4.87. The number of hydrogen-bond donors (Lipinski definition) is 1. The Kier molecular flexibility index (Phi) is 5.18. The van der Waals surface area contributed by atoms with Crippen molar-refractivity contribution >= 4 is 17.4 Å². The van der Waals surface area contributed by atoms with Gasteiger partial charge in [-0.1, -0.05) is 36.7 Å². The zero-order valence-electron chi connectivity index (χ0n) is 11.7. The van der Waals surface area contributed by atoms with Gasteiger partial charge >= 0.3 is 0 Å². The lowest BCUT2D eigenvalue weighted by molar-refractivity contribution is 0.291. The number of anilines is 1. The minimum absolute atomic E-state index is 0.394. The summed E-state index contributed by atoms with van der Waals surface area (Å²) in [6.45, 7) is 5.32. The van der Waals surface area contributed by atoms with E-state index in [0.29, 0.717) is 17.5 Å². The van der Waals surface area contributed by atoms with E-state index in [9.17, 15) is 0 Å². The molecule has 0 unspecified atom stereocenters. The summed E-state index contributed by atoms with van der Waals surface area (Å²) in [4.78, 5) is 8.40. The SMILES string of the molecule is CCCNc1ncnc(OCc2ccccc2Cl)c1C. The fourth-order valence-corrected chi connectivity index (χ4v) is 1.95. The van der Waals surface area contributed by atoms with Gasteiger partial charge in [0.25, 0.3) is 0 Å². The highest BCUT2D eigenvalue weighted by molar-refractivity contribution is 6.31. The fourth-order valence-electron chi connectivity index (χ4n) is 1.76. The number of benzene rings is 1. The number of hydrogen-bond acceptors (Lipinski definition) is 4. The second kappa shape index (κ2) is 7.10. The van der Waals surface area contributed by atoms with Crippen LogP contribution in [0.15, 0.2) is 30.6 Å². The van der Waals surface area contributed by atoms with Crippen LogP contribution in [0.4, 0.5) is 5.82 Å². The molecule has 20 heavy (non-hydrogen) atoms. The molecule has 0 spiro atoms. The first-order chi connectivity index (χ1) is 9.72. The highest BCUT2D eigenvalue weighted by Crippen LogP contribution is 2.23. The Bertz CT molecular complexity index is 575. The molecule has 1 aromatic heterocycles. The predicted octanol–water partition coefficient (Wildman–Crippen LogP) is 3.84. The van der Waals surface area contributed by atoms with Gasteiger partial charge in [0, 0.05) is 17.1 Å². The molecule has 1 N–H and O–H groups in total. The first kappa shape index (κ1) is 14.6. The van der Waals surface area contributed by atoms with Gasteiger partial charge in [-0.3, -0.25) is 0 Å². The Morgan fingerprint density at radius 1 is 1.25 bits per heavy atom. The lowest BCUT2D eigenvalue weighted by Crippen LogP contribution is -2.07. The van der Waals surface area contributed by atoms with E-state index in [1.807, 2.05) is 31.2 Å². The Morgan fingerprint density at radius 3 is 2.80 bits per heavy atom. The first-order valence-corrected chi connectivity index (χ1v) is 7.01. The predicted molar refractivity (Wildman–Crippen MR) is 81.3 cm³/mol. The van der Waals surface area contributed by atoms with Gasteiger partial charge in [-0.25, -0.2) is 9.97 Å². The summed E-state index contributed by atoms with van der Waals surface area (Å²) in [5.74, 6) is 1.40. The van der Waals surface area contributed by atoms with Crippen LogP contribution in [0.3, 0.4) is 0 Å². The average molecular weight is 292 g/mol. The number of rotatable bonds is 6. The molecule has 0 atom stereocenters. The van der Waals surface area contributed by atoms with E-state index in [4.69, 9.17) is 16.3 Å². The molecule has 1 heterocycles. The molecule has 106 valence electrons. The van der Waals surface area contributed by atoms with Crippen molar-refractivity contribution in [2.24, 2.45) is 0 Å². The van der Waals surface area contributed by atoms with Gasteiger partial charge in [0.05, 0.1) is 5.56 Å². The van der Waals surface area contributed by atoms with Crippen LogP contribution in [0.25, 0.3) is 0 Å². The zero-order valence-corrected chi connectivity index (χ0v) is 12.4. The molecule has 0 bridgehead atoms. The molecule has 0 radical (unpaired) electrons. The maximum absolute atomic E-state index is 6.10. The van der Waals surface area contributed by atoms with E-state index in [0.717, 1.165) is 29.9 Å². The quantitative estimate of drug-likeness (QED) is 0.878. The normalized spacial score (nSPS) is 10.3. The van der Waals surface area contributed by atoms with Gasteiger partial charge in [0.15, 0.2) is 0 Å². The summed E-state index contributed by atoms with van der Waals surface area (Å²) >= 11 is 6.10. The number of halogens is 1. The van der Waals surface area contributed by atoms with Crippen molar-refractivity contribution in [2.45, 2.75) is 26.9 Å². The van der Waals surface area contributed by atoms with E-state index in [-0.39, 0.29) is 0 Å². The zero-order chi connectivity index (χ0) is 14.4. The Hall–Kier alpha value is -1.81. The molecule has 2 rings (SSSR count). The molecule has 0 aliphatic rings. The maximum Gasteiger partial charge on any atom is 0.221 e. The minimum atomic E-state index is 0.394. The average Bonchev–Trinajstić information content (AvgIpc) is 2.46. The smallest absolute Gasteiger partial charge is 0.221 e. The van der Waals surface area contributed by atoms with Gasteiger partial charge < -0.3 is 10.1 Å². The topological polar surface area (TPSA) is 47.0 Å². The molecule has 0 amide bonds. The third-order valence-corrected chi connectivity index (χ3v) is 3.27. The number of nitrogens with zero attached hydrogens (tertiary/aromatic N) is 2. The first-order valence-electron chi connectivity index (χ1n) is 6.64. The van der Waals surface area contributed by atoms with Crippen LogP contribution in [0.1, 0.15) is 24.5 Å². The lowest BCUT2D eigenvalue weighted by atomic mass is 10.2. The molecule has 2 aromatic rings. The van der Waals surface area contributed by atoms with Crippen molar-refractivity contribution < 1.29 is 4.74 Å². The van der Waals surface area contributed by atoms with E-state index in [1.54, 1.807) is 0 Å². The molecule has 0 saturated heterocycles. The number of nitrogens with one attached hydrogen (secondary N) is 1. The monoisotopic (exact) mass is 291 g/mol. The summed E-state index contributed by atoms with van der Waals surface area (Å²) in [6.07, 6.45) is 2.55. The summed E-state index contributed by atoms with van der Waals surface area (Å²) in [7, 11) is 0. The highest BCUT2D eigenvalue weighted by atomic mass is 35.5. The van der Waals surface area contributed by atoms with Crippen LogP contribution < -0.4 is 10.1 Å². The summed E-state index contributed by atoms with van der Waals surface area (Å²) in [5, 5.41) is 3.95. The molecule has 0 saturated carbocycles. The Morgan fingerprint density at radius 2 is 2.05 bits per heavy atom. The van der Waals surface area contributed by atoms with Crippen LogP contribution in [-0.4, -0.2) is 16.5 Å². The van der Waals surface area contributed by atoms with Crippen LogP contribution in [0.5, 0.6) is 5.88 Å². The van der Waals surface area contributed by atoms with Crippen molar-refractivity contribution in [3.05, 3.63) is 46.7 Å². The minimum Gasteiger partial charge on any atom is -0.472 e. The Labute approximate surface area is 124 Å². The summed E-state index contributed by atoms with van der Waals surface area (Å²) in [6, 6.07) is 7.62. The molecule has 0 aliphatic heterocycles. The third-order valence-electron chi connectivity index (χ3n) is 2.90. The van der Waals surface area contributed by atoms with Crippen LogP contribution in [0, 0.1) is 6.92 Å². The van der Waals surface area contributed by atoms with Crippen molar-refractivity contribution in [3.8, 4) is 5.88 Å². The van der Waals surface area contributed by atoms with Crippen molar-refractivity contribution in [2.75, 3.05) is 11.9 Å². The van der Waals surface area contributed by atoms with E-state index < -0.39 is 0 Å². The third kappa shape index (κ3) is 3.61. The van der Waals surface area contributed by atoms with Gasteiger partial charge in [-0.15, -0.1) is 0 Å². The van der Waals surface area contributed by atoms with Crippen LogP contribution >= 0.6 is 11.6 Å². The number of aromatic nitrogens is 2. The van der Waals surface area contributed by atoms with Crippen LogP contribution in [0.2, 0.25) is 5.02 Å². The molecular weight excluding hydrogens is 274 g/mol. The lowest BCUT2D eigenvalue weighted by Gasteiger charge is -2.12. The summed E-state index contributed by atoms with van der Waals surface area (Å²) < 4.78 is 5.75. The van der Waals surface area contributed by atoms with Crippen LogP contribution in [-0.2, 0) is 6.61 Å². The van der Waals surface area contributed by atoms with E-state index in [1.165, 1.54) is 6.33 Å². The van der Waals surface area contributed by atoms with Gasteiger partial charge in [-0.2, -0.15) is 0 Å². The van der Waals surface area contributed by atoms with Crippen molar-refractivity contribution in [1.29, 1.82) is 0 Å². The largest absolute Gasteiger partial charge is 0.472 e. The Balaban J connectivity index is 2.08. The molecule has 0 aliphatic carbocycles. The maximum atomic E-state index is 6.10. The van der Waals surface area contributed by atoms with Crippen molar-refractivity contribution in [1.82, 2.24) is 9.97 Å². The molecule has 4 nitrogen and oxygen atoms in total. The molecular formula is C15H18ClN3O. The second-order valence-electron chi connectivity index (χ2n) is 4.46. The van der Waals surface area contributed by atoms with E-state index in [2.05, 4.69) is 22.2 Å². The number of ether oxygens (including phenoxy) is 1. The summed E-state index contributed by atoms with van der Waals surface area (Å²) in [5.41, 5.74) is 1.85. The van der Waals surface area contributed by atoms with Gasteiger partial charge in [0.2, 0.25) is 5.88 Å². The highest BCUT2D eigenvalue weighted by Gasteiger charge is 2.08. The fraction of sp³-hybridized carbons (Fsp3) is 0.333. The van der Waals surface area contributed by atoms with Gasteiger partial charge in [-0.05, 0) is 19.4 Å². The molecule has 0 fully saturated rings. The molecule has 1 aromatic carbocycles.